The number of hydrogen-bond acceptors (Lipinski definition) is 3. The Balaban J connectivity index is 2.07. The maximum absolute atomic E-state index is 6.05. The summed E-state index contributed by atoms with van der Waals surface area (Å²) in [5.74, 6) is 0.826. The quantitative estimate of drug-likeness (QED) is 0.825. The van der Waals surface area contributed by atoms with Crippen molar-refractivity contribution in [2.75, 3.05) is 13.6 Å². The molecule has 1 atom stereocenters. The van der Waals surface area contributed by atoms with Crippen LogP contribution >= 0.6 is 11.3 Å². The maximum atomic E-state index is 6.05. The van der Waals surface area contributed by atoms with Crippen LogP contribution in [0, 0.1) is 5.92 Å². The minimum atomic E-state index is 0.240. The average molecular weight is 238 g/mol. The van der Waals surface area contributed by atoms with Gasteiger partial charge in [0.1, 0.15) is 0 Å². The summed E-state index contributed by atoms with van der Waals surface area (Å²) in [4.78, 5) is 3.92. The lowest BCUT2D eigenvalue weighted by molar-refractivity contribution is 0.0902. The van der Waals surface area contributed by atoms with E-state index in [0.717, 1.165) is 25.4 Å². The van der Waals surface area contributed by atoms with E-state index in [0.29, 0.717) is 0 Å². The molecular weight excluding hydrogens is 216 g/mol. The molecule has 3 heteroatoms. The highest BCUT2D eigenvalue weighted by molar-refractivity contribution is 7.09. The second-order valence-electron chi connectivity index (χ2n) is 4.87. The summed E-state index contributed by atoms with van der Waals surface area (Å²) in [6.45, 7) is 4.10. The van der Waals surface area contributed by atoms with Crippen LogP contribution in [0.15, 0.2) is 17.5 Å². The minimum Gasteiger partial charge on any atom is -0.329 e. The molecule has 0 radical (unpaired) electrons. The van der Waals surface area contributed by atoms with Gasteiger partial charge in [-0.1, -0.05) is 13.0 Å². The van der Waals surface area contributed by atoms with Gasteiger partial charge in [-0.25, -0.2) is 0 Å². The van der Waals surface area contributed by atoms with Crippen molar-refractivity contribution in [3.05, 3.63) is 22.4 Å². The molecule has 1 heterocycles. The molecule has 1 fully saturated rings. The summed E-state index contributed by atoms with van der Waals surface area (Å²) >= 11 is 1.84. The average Bonchev–Trinajstić information content (AvgIpc) is 3.01. The van der Waals surface area contributed by atoms with Gasteiger partial charge in [0.05, 0.1) is 0 Å². The van der Waals surface area contributed by atoms with Gasteiger partial charge in [-0.05, 0) is 43.7 Å². The summed E-state index contributed by atoms with van der Waals surface area (Å²) in [6, 6.07) is 4.34. The van der Waals surface area contributed by atoms with Crippen molar-refractivity contribution < 1.29 is 0 Å². The predicted octanol–water partition coefficient (Wildman–Crippen LogP) is 2.70. The molecule has 0 amide bonds. The van der Waals surface area contributed by atoms with Crippen molar-refractivity contribution in [1.82, 2.24) is 4.90 Å². The molecule has 1 aromatic heterocycles. The van der Waals surface area contributed by atoms with E-state index in [1.165, 1.54) is 17.7 Å². The summed E-state index contributed by atoms with van der Waals surface area (Å²) in [6.07, 6.45) is 3.88. The van der Waals surface area contributed by atoms with E-state index in [1.54, 1.807) is 0 Å². The summed E-state index contributed by atoms with van der Waals surface area (Å²) < 4.78 is 0. The first-order chi connectivity index (χ1) is 7.73. The first kappa shape index (κ1) is 12.1. The van der Waals surface area contributed by atoms with E-state index >= 15 is 0 Å². The Kier molecular flexibility index (Phi) is 3.67. The number of rotatable bonds is 6. The standard InChI is InChI=1S/C13H22N2S/c1-3-13(10-14,11-6-7-11)15(2)9-12-5-4-8-16-12/h4-5,8,11H,3,6-7,9-10,14H2,1-2H3. The van der Waals surface area contributed by atoms with E-state index in [9.17, 15) is 0 Å². The second kappa shape index (κ2) is 4.86. The molecule has 2 N–H and O–H groups in total. The molecule has 90 valence electrons. The number of likely N-dealkylation sites (N-methyl/N-ethyl adjacent to an activating group) is 1. The third-order valence-electron chi connectivity index (χ3n) is 4.04. The Morgan fingerprint density at radius 1 is 1.56 bits per heavy atom. The fourth-order valence-electron chi connectivity index (χ4n) is 2.75. The fraction of sp³-hybridized carbons (Fsp3) is 0.692. The van der Waals surface area contributed by atoms with E-state index in [4.69, 9.17) is 5.73 Å². The molecule has 0 aromatic carbocycles. The molecular formula is C13H22N2S. The van der Waals surface area contributed by atoms with Crippen LogP contribution in [0.3, 0.4) is 0 Å². The van der Waals surface area contributed by atoms with Crippen molar-refractivity contribution in [3.63, 3.8) is 0 Å². The highest BCUT2D eigenvalue weighted by Gasteiger charge is 2.45. The Hall–Kier alpha value is -0.380. The van der Waals surface area contributed by atoms with Crippen LogP contribution in [0.1, 0.15) is 31.1 Å². The monoisotopic (exact) mass is 238 g/mol. The lowest BCUT2D eigenvalue weighted by atomic mass is 9.88. The Bertz CT molecular complexity index is 313. The molecule has 16 heavy (non-hydrogen) atoms. The van der Waals surface area contributed by atoms with Crippen molar-refractivity contribution in [2.24, 2.45) is 11.7 Å². The molecule has 0 aliphatic heterocycles. The fourth-order valence-corrected chi connectivity index (χ4v) is 3.51. The zero-order valence-corrected chi connectivity index (χ0v) is 11.1. The van der Waals surface area contributed by atoms with Crippen molar-refractivity contribution in [3.8, 4) is 0 Å². The van der Waals surface area contributed by atoms with Crippen molar-refractivity contribution in [1.29, 1.82) is 0 Å². The zero-order chi connectivity index (χ0) is 11.6. The number of nitrogens with zero attached hydrogens (tertiary/aromatic N) is 1. The van der Waals surface area contributed by atoms with E-state index < -0.39 is 0 Å². The normalized spacial score (nSPS) is 20.0. The molecule has 1 aromatic rings. The predicted molar refractivity (Wildman–Crippen MR) is 70.6 cm³/mol. The smallest absolute Gasteiger partial charge is 0.0358 e. The van der Waals surface area contributed by atoms with E-state index in [-0.39, 0.29) is 5.54 Å². The molecule has 0 saturated heterocycles. The van der Waals surface area contributed by atoms with Gasteiger partial charge in [0, 0.05) is 23.5 Å². The maximum Gasteiger partial charge on any atom is 0.0358 e. The number of nitrogens with two attached hydrogens (primary N) is 1. The molecule has 1 aliphatic rings. The van der Waals surface area contributed by atoms with Crippen LogP contribution in [0.25, 0.3) is 0 Å². The van der Waals surface area contributed by atoms with Gasteiger partial charge in [-0.2, -0.15) is 0 Å². The Morgan fingerprint density at radius 2 is 2.31 bits per heavy atom. The SMILES string of the molecule is CCC(CN)(C1CC1)N(C)Cc1cccs1. The minimum absolute atomic E-state index is 0.240. The van der Waals surface area contributed by atoms with Gasteiger partial charge in [0.15, 0.2) is 0 Å². The van der Waals surface area contributed by atoms with Gasteiger partial charge in [-0.3, -0.25) is 4.90 Å². The molecule has 1 aliphatic carbocycles. The Labute approximate surface area is 102 Å². The molecule has 2 nitrogen and oxygen atoms in total. The summed E-state index contributed by atoms with van der Waals surface area (Å²) in [5, 5.41) is 2.15. The van der Waals surface area contributed by atoms with E-state index in [2.05, 4.69) is 36.4 Å². The van der Waals surface area contributed by atoms with Crippen LogP contribution in [0.4, 0.5) is 0 Å². The van der Waals surface area contributed by atoms with Gasteiger partial charge in [0.25, 0.3) is 0 Å². The van der Waals surface area contributed by atoms with Gasteiger partial charge >= 0.3 is 0 Å². The van der Waals surface area contributed by atoms with Crippen LogP contribution in [-0.4, -0.2) is 24.0 Å². The van der Waals surface area contributed by atoms with Crippen LogP contribution in [0.2, 0.25) is 0 Å². The summed E-state index contributed by atoms with van der Waals surface area (Å²) in [5.41, 5.74) is 6.29. The first-order valence-electron chi connectivity index (χ1n) is 6.16. The van der Waals surface area contributed by atoms with Crippen LogP contribution < -0.4 is 5.73 Å². The lowest BCUT2D eigenvalue weighted by Gasteiger charge is -2.41. The first-order valence-corrected chi connectivity index (χ1v) is 7.04. The third-order valence-corrected chi connectivity index (χ3v) is 4.90. The van der Waals surface area contributed by atoms with Crippen LogP contribution in [0.5, 0.6) is 0 Å². The third kappa shape index (κ3) is 2.17. The largest absolute Gasteiger partial charge is 0.329 e. The topological polar surface area (TPSA) is 29.3 Å². The van der Waals surface area contributed by atoms with Crippen molar-refractivity contribution in [2.45, 2.75) is 38.3 Å². The zero-order valence-electron chi connectivity index (χ0n) is 10.3. The van der Waals surface area contributed by atoms with Crippen molar-refractivity contribution >= 4 is 11.3 Å². The van der Waals surface area contributed by atoms with Crippen LogP contribution in [-0.2, 0) is 6.54 Å². The molecule has 1 unspecified atom stereocenters. The second-order valence-corrected chi connectivity index (χ2v) is 5.90. The Morgan fingerprint density at radius 3 is 2.75 bits per heavy atom. The highest BCUT2D eigenvalue weighted by atomic mass is 32.1. The molecule has 0 bridgehead atoms. The summed E-state index contributed by atoms with van der Waals surface area (Å²) in [7, 11) is 2.23. The van der Waals surface area contributed by atoms with Gasteiger partial charge in [0.2, 0.25) is 0 Å². The number of thiophene rings is 1. The molecule has 1 saturated carbocycles. The van der Waals surface area contributed by atoms with Gasteiger partial charge in [-0.15, -0.1) is 11.3 Å². The highest BCUT2D eigenvalue weighted by Crippen LogP contribution is 2.44. The number of hydrogen-bond donors (Lipinski definition) is 1. The lowest BCUT2D eigenvalue weighted by Crippen LogP contribution is -2.53. The molecule has 2 rings (SSSR count). The molecule has 0 spiro atoms. The van der Waals surface area contributed by atoms with Gasteiger partial charge < -0.3 is 5.73 Å². The van der Waals surface area contributed by atoms with E-state index in [1.807, 2.05) is 11.3 Å².